The molecule has 7 nitrogen and oxygen atoms in total. The van der Waals surface area contributed by atoms with Gasteiger partial charge in [0.25, 0.3) is 0 Å². The van der Waals surface area contributed by atoms with Crippen molar-refractivity contribution in [2.75, 3.05) is 0 Å². The Labute approximate surface area is 153 Å². The minimum atomic E-state index is -0.426. The normalized spacial score (nSPS) is 33.3. The SMILES string of the molecule is Cc1nn(CC(=O)N[C@H](C)C23CC4CC(CC(C4)C2)C3)c(C)c1[N+](=O)[O-]. The second-order valence-electron chi connectivity index (χ2n) is 9.00. The van der Waals surface area contributed by atoms with Crippen LogP contribution in [0.1, 0.15) is 56.8 Å². The maximum atomic E-state index is 12.6. The monoisotopic (exact) mass is 360 g/mol. The van der Waals surface area contributed by atoms with E-state index in [1.54, 1.807) is 13.8 Å². The van der Waals surface area contributed by atoms with Gasteiger partial charge in [0.05, 0.1) is 4.92 Å². The molecule has 4 saturated carbocycles. The van der Waals surface area contributed by atoms with Gasteiger partial charge in [-0.25, -0.2) is 0 Å². The molecule has 0 unspecified atom stereocenters. The van der Waals surface area contributed by atoms with Gasteiger partial charge in [-0.2, -0.15) is 5.10 Å². The highest BCUT2D eigenvalue weighted by molar-refractivity contribution is 5.76. The van der Waals surface area contributed by atoms with Crippen molar-refractivity contribution in [1.29, 1.82) is 0 Å². The van der Waals surface area contributed by atoms with Crippen LogP contribution in [-0.2, 0) is 11.3 Å². The van der Waals surface area contributed by atoms with Crippen LogP contribution in [0, 0.1) is 47.1 Å². The first-order valence-corrected chi connectivity index (χ1v) is 9.75. The Balaban J connectivity index is 1.44. The fourth-order valence-electron chi connectivity index (χ4n) is 6.39. The number of nitro groups is 1. The molecule has 0 aliphatic heterocycles. The predicted octanol–water partition coefficient (Wildman–Crippen LogP) is 3.13. The summed E-state index contributed by atoms with van der Waals surface area (Å²) < 4.78 is 1.45. The number of carbonyl (C=O) groups is 1. The van der Waals surface area contributed by atoms with Gasteiger partial charge in [0.1, 0.15) is 17.9 Å². The molecule has 1 aromatic rings. The molecule has 0 radical (unpaired) electrons. The summed E-state index contributed by atoms with van der Waals surface area (Å²) in [5.41, 5.74) is 1.05. The van der Waals surface area contributed by atoms with Crippen LogP contribution >= 0.6 is 0 Å². The first-order valence-electron chi connectivity index (χ1n) is 9.75. The number of nitrogens with one attached hydrogen (secondary N) is 1. The molecule has 7 heteroatoms. The van der Waals surface area contributed by atoms with Gasteiger partial charge in [-0.05, 0) is 82.5 Å². The fourth-order valence-corrected chi connectivity index (χ4v) is 6.39. The number of nitrogens with zero attached hydrogens (tertiary/aromatic N) is 3. The smallest absolute Gasteiger partial charge is 0.312 e. The van der Waals surface area contributed by atoms with E-state index in [9.17, 15) is 14.9 Å². The standard InChI is InChI=1S/C19H28N4O3/c1-11-18(23(25)26)12(2)22(21-11)10-17(24)20-13(3)19-7-14-4-15(8-19)6-16(5-14)9-19/h13-16H,4-10H2,1-3H3,(H,20,24)/t13-,14?,15?,16?,19?/m1/s1. The molecule has 4 bridgehead atoms. The number of aryl methyl sites for hydroxylation is 1. The van der Waals surface area contributed by atoms with Gasteiger partial charge < -0.3 is 5.32 Å². The van der Waals surface area contributed by atoms with E-state index in [4.69, 9.17) is 0 Å². The Bertz CT molecular complexity index is 719. The van der Waals surface area contributed by atoms with Gasteiger partial charge in [0, 0.05) is 6.04 Å². The lowest BCUT2D eigenvalue weighted by Gasteiger charge is -2.59. The summed E-state index contributed by atoms with van der Waals surface area (Å²) >= 11 is 0. The molecule has 1 amide bonds. The summed E-state index contributed by atoms with van der Waals surface area (Å²) in [5.74, 6) is 2.44. The highest BCUT2D eigenvalue weighted by Gasteiger charge is 2.53. The molecule has 1 aromatic heterocycles. The number of amides is 1. The van der Waals surface area contributed by atoms with Crippen LogP contribution in [0.2, 0.25) is 0 Å². The zero-order valence-electron chi connectivity index (χ0n) is 15.8. The van der Waals surface area contributed by atoms with Crippen LogP contribution in [0.5, 0.6) is 0 Å². The Hall–Kier alpha value is -1.92. The summed E-state index contributed by atoms with van der Waals surface area (Å²) in [6.07, 6.45) is 7.88. The number of rotatable bonds is 5. The highest BCUT2D eigenvalue weighted by atomic mass is 16.6. The van der Waals surface area contributed by atoms with Gasteiger partial charge >= 0.3 is 5.69 Å². The summed E-state index contributed by atoms with van der Waals surface area (Å²) in [7, 11) is 0. The van der Waals surface area contributed by atoms with Crippen molar-refractivity contribution in [3.8, 4) is 0 Å². The van der Waals surface area contributed by atoms with E-state index in [1.807, 2.05) is 0 Å². The lowest BCUT2D eigenvalue weighted by Crippen LogP contribution is -2.56. The average molecular weight is 360 g/mol. The Morgan fingerprint density at radius 3 is 2.27 bits per heavy atom. The third kappa shape index (κ3) is 2.81. The molecule has 4 fully saturated rings. The van der Waals surface area contributed by atoms with Crippen molar-refractivity contribution in [3.05, 3.63) is 21.5 Å². The van der Waals surface area contributed by atoms with E-state index >= 15 is 0 Å². The topological polar surface area (TPSA) is 90.1 Å². The first-order chi connectivity index (χ1) is 12.3. The van der Waals surface area contributed by atoms with E-state index in [2.05, 4.69) is 17.3 Å². The molecule has 5 rings (SSSR count). The van der Waals surface area contributed by atoms with Gasteiger partial charge in [-0.15, -0.1) is 0 Å². The third-order valence-electron chi connectivity index (χ3n) is 7.20. The number of aromatic nitrogens is 2. The minimum Gasteiger partial charge on any atom is -0.351 e. The van der Waals surface area contributed by atoms with E-state index in [-0.39, 0.29) is 29.6 Å². The van der Waals surface area contributed by atoms with E-state index in [0.29, 0.717) is 11.4 Å². The second-order valence-corrected chi connectivity index (χ2v) is 9.00. The summed E-state index contributed by atoms with van der Waals surface area (Å²) in [6, 6.07) is 0.148. The Morgan fingerprint density at radius 2 is 1.81 bits per heavy atom. The fraction of sp³-hybridized carbons (Fsp3) is 0.789. The molecule has 0 spiro atoms. The average Bonchev–Trinajstić information content (AvgIpc) is 2.79. The summed E-state index contributed by atoms with van der Waals surface area (Å²) in [4.78, 5) is 23.3. The van der Waals surface area contributed by atoms with Crippen molar-refractivity contribution in [1.82, 2.24) is 15.1 Å². The van der Waals surface area contributed by atoms with Crippen LogP contribution in [0.3, 0.4) is 0 Å². The number of hydrogen-bond donors (Lipinski definition) is 1. The third-order valence-corrected chi connectivity index (χ3v) is 7.20. The zero-order valence-corrected chi connectivity index (χ0v) is 15.8. The second kappa shape index (κ2) is 6.06. The summed E-state index contributed by atoms with van der Waals surface area (Å²) in [5, 5.41) is 18.5. The van der Waals surface area contributed by atoms with Gasteiger partial charge in [-0.1, -0.05) is 0 Å². The number of hydrogen-bond acceptors (Lipinski definition) is 4. The molecular formula is C19H28N4O3. The molecule has 0 aromatic carbocycles. The molecule has 1 atom stereocenters. The molecule has 26 heavy (non-hydrogen) atoms. The first kappa shape index (κ1) is 17.5. The molecule has 0 saturated heterocycles. The molecule has 4 aliphatic rings. The molecule has 4 aliphatic carbocycles. The molecule has 142 valence electrons. The van der Waals surface area contributed by atoms with Crippen LogP contribution in [-0.4, -0.2) is 26.7 Å². The largest absolute Gasteiger partial charge is 0.351 e. The summed E-state index contributed by atoms with van der Waals surface area (Å²) in [6.45, 7) is 5.44. The maximum Gasteiger partial charge on any atom is 0.312 e. The maximum absolute atomic E-state index is 12.6. The van der Waals surface area contributed by atoms with Gasteiger partial charge in [0.2, 0.25) is 5.91 Å². The molecule has 1 N–H and O–H groups in total. The Morgan fingerprint density at radius 1 is 1.27 bits per heavy atom. The van der Waals surface area contributed by atoms with E-state index in [1.165, 1.54) is 43.2 Å². The highest BCUT2D eigenvalue weighted by Crippen LogP contribution is 2.61. The van der Waals surface area contributed by atoms with Crippen LogP contribution in [0.15, 0.2) is 0 Å². The van der Waals surface area contributed by atoms with Crippen LogP contribution in [0.4, 0.5) is 5.69 Å². The van der Waals surface area contributed by atoms with E-state index in [0.717, 1.165) is 17.8 Å². The van der Waals surface area contributed by atoms with Crippen LogP contribution in [0.25, 0.3) is 0 Å². The minimum absolute atomic E-state index is 0.00642. The quantitative estimate of drug-likeness (QED) is 0.645. The molecular weight excluding hydrogens is 332 g/mol. The lowest BCUT2D eigenvalue weighted by molar-refractivity contribution is -0.386. The van der Waals surface area contributed by atoms with Crippen molar-refractivity contribution in [3.63, 3.8) is 0 Å². The Kier molecular flexibility index (Phi) is 4.08. The zero-order chi connectivity index (χ0) is 18.6. The molecule has 1 heterocycles. The lowest BCUT2D eigenvalue weighted by atomic mass is 9.48. The van der Waals surface area contributed by atoms with Crippen molar-refractivity contribution in [2.45, 2.75) is 71.9 Å². The van der Waals surface area contributed by atoms with E-state index < -0.39 is 4.92 Å². The van der Waals surface area contributed by atoms with Gasteiger partial charge in [0.15, 0.2) is 0 Å². The van der Waals surface area contributed by atoms with Gasteiger partial charge in [-0.3, -0.25) is 19.6 Å². The van der Waals surface area contributed by atoms with Crippen LogP contribution < -0.4 is 5.32 Å². The number of carbonyl (C=O) groups excluding carboxylic acids is 1. The predicted molar refractivity (Wildman–Crippen MR) is 96.6 cm³/mol. The van der Waals surface area contributed by atoms with Crippen molar-refractivity contribution >= 4 is 11.6 Å². The van der Waals surface area contributed by atoms with Crippen molar-refractivity contribution in [2.24, 2.45) is 23.2 Å². The van der Waals surface area contributed by atoms with Crippen molar-refractivity contribution < 1.29 is 9.72 Å².